The van der Waals surface area contributed by atoms with Crippen LogP contribution >= 0.6 is 0 Å². The molecule has 16 heavy (non-hydrogen) atoms. The molecule has 0 spiro atoms. The van der Waals surface area contributed by atoms with Gasteiger partial charge in [0.1, 0.15) is 5.69 Å². The SMILES string of the molecule is NCCn1cc(C(=O)C2CCOCC2)nn1. The molecule has 0 bridgehead atoms. The number of hydrogen-bond donors (Lipinski definition) is 1. The summed E-state index contributed by atoms with van der Waals surface area (Å²) in [4.78, 5) is 12.0. The first kappa shape index (κ1) is 11.2. The van der Waals surface area contributed by atoms with Crippen molar-refractivity contribution in [1.82, 2.24) is 15.0 Å². The molecule has 2 heterocycles. The molecule has 0 radical (unpaired) electrons. The highest BCUT2D eigenvalue weighted by Gasteiger charge is 2.24. The predicted octanol–water partition coefficient (Wildman–Crippen LogP) is -0.154. The quantitative estimate of drug-likeness (QED) is 0.719. The van der Waals surface area contributed by atoms with Crippen LogP contribution in [-0.2, 0) is 11.3 Å². The van der Waals surface area contributed by atoms with Gasteiger partial charge in [0, 0.05) is 25.7 Å². The molecule has 1 fully saturated rings. The Kier molecular flexibility index (Phi) is 3.63. The molecule has 2 rings (SSSR count). The summed E-state index contributed by atoms with van der Waals surface area (Å²) in [5.41, 5.74) is 5.84. The highest BCUT2D eigenvalue weighted by atomic mass is 16.5. The molecule has 0 aliphatic carbocycles. The highest BCUT2D eigenvalue weighted by Crippen LogP contribution is 2.18. The van der Waals surface area contributed by atoms with Gasteiger partial charge in [-0.05, 0) is 12.8 Å². The van der Waals surface area contributed by atoms with Crippen LogP contribution in [0.4, 0.5) is 0 Å². The summed E-state index contributed by atoms with van der Waals surface area (Å²) in [6.45, 7) is 2.41. The average Bonchev–Trinajstić information content (AvgIpc) is 2.78. The second kappa shape index (κ2) is 5.18. The van der Waals surface area contributed by atoms with Crippen molar-refractivity contribution in [3.8, 4) is 0 Å². The Labute approximate surface area is 93.8 Å². The maximum absolute atomic E-state index is 12.0. The smallest absolute Gasteiger partial charge is 0.187 e. The highest BCUT2D eigenvalue weighted by molar-refractivity contribution is 5.95. The zero-order valence-electron chi connectivity index (χ0n) is 9.13. The number of Topliss-reactive ketones (excluding diaryl/α,β-unsaturated/α-hetero) is 1. The van der Waals surface area contributed by atoms with Crippen molar-refractivity contribution in [3.63, 3.8) is 0 Å². The largest absolute Gasteiger partial charge is 0.381 e. The Morgan fingerprint density at radius 3 is 3.00 bits per heavy atom. The van der Waals surface area contributed by atoms with E-state index in [1.807, 2.05) is 0 Å². The third-order valence-electron chi connectivity index (χ3n) is 2.74. The Bertz CT molecular complexity index is 357. The van der Waals surface area contributed by atoms with Gasteiger partial charge in [0.15, 0.2) is 5.78 Å². The second-order valence-electron chi connectivity index (χ2n) is 3.91. The van der Waals surface area contributed by atoms with E-state index in [1.165, 1.54) is 0 Å². The third kappa shape index (κ3) is 2.45. The van der Waals surface area contributed by atoms with Crippen molar-refractivity contribution in [1.29, 1.82) is 0 Å². The summed E-state index contributed by atoms with van der Waals surface area (Å²) in [5.74, 6) is 0.114. The van der Waals surface area contributed by atoms with Crippen molar-refractivity contribution in [2.24, 2.45) is 11.7 Å². The molecule has 0 saturated carbocycles. The first-order valence-corrected chi connectivity index (χ1v) is 5.53. The second-order valence-corrected chi connectivity index (χ2v) is 3.91. The molecule has 1 aliphatic rings. The molecule has 1 saturated heterocycles. The Balaban J connectivity index is 2.01. The van der Waals surface area contributed by atoms with Crippen molar-refractivity contribution >= 4 is 5.78 Å². The van der Waals surface area contributed by atoms with Gasteiger partial charge in [-0.3, -0.25) is 9.48 Å². The minimum absolute atomic E-state index is 0.0387. The van der Waals surface area contributed by atoms with Gasteiger partial charge < -0.3 is 10.5 Å². The lowest BCUT2D eigenvalue weighted by Gasteiger charge is -2.19. The van der Waals surface area contributed by atoms with Gasteiger partial charge in [0.05, 0.1) is 12.7 Å². The van der Waals surface area contributed by atoms with E-state index in [0.717, 1.165) is 12.8 Å². The van der Waals surface area contributed by atoms with Crippen LogP contribution in [0.5, 0.6) is 0 Å². The lowest BCUT2D eigenvalue weighted by atomic mass is 9.94. The van der Waals surface area contributed by atoms with Crippen LogP contribution in [0, 0.1) is 5.92 Å². The van der Waals surface area contributed by atoms with Crippen LogP contribution < -0.4 is 5.73 Å². The first-order chi connectivity index (χ1) is 7.81. The maximum atomic E-state index is 12.0. The van der Waals surface area contributed by atoms with Gasteiger partial charge in [0.2, 0.25) is 0 Å². The Morgan fingerprint density at radius 1 is 1.56 bits per heavy atom. The average molecular weight is 224 g/mol. The molecule has 6 nitrogen and oxygen atoms in total. The molecule has 0 unspecified atom stereocenters. The number of nitrogens with two attached hydrogens (primary N) is 1. The number of rotatable bonds is 4. The number of carbonyl (C=O) groups is 1. The molecule has 1 aromatic rings. The lowest BCUT2D eigenvalue weighted by Crippen LogP contribution is -2.23. The number of ether oxygens (including phenoxy) is 1. The van der Waals surface area contributed by atoms with E-state index in [0.29, 0.717) is 32.0 Å². The van der Waals surface area contributed by atoms with Gasteiger partial charge in [-0.1, -0.05) is 5.21 Å². The van der Waals surface area contributed by atoms with Crippen molar-refractivity contribution in [3.05, 3.63) is 11.9 Å². The predicted molar refractivity (Wildman–Crippen MR) is 56.9 cm³/mol. The zero-order chi connectivity index (χ0) is 11.4. The molecule has 88 valence electrons. The fourth-order valence-corrected chi connectivity index (χ4v) is 1.82. The van der Waals surface area contributed by atoms with E-state index in [4.69, 9.17) is 10.5 Å². The van der Waals surface area contributed by atoms with Crippen molar-refractivity contribution < 1.29 is 9.53 Å². The van der Waals surface area contributed by atoms with Crippen molar-refractivity contribution in [2.45, 2.75) is 19.4 Å². The molecule has 6 heteroatoms. The topological polar surface area (TPSA) is 83.0 Å². The van der Waals surface area contributed by atoms with Crippen LogP contribution in [0.25, 0.3) is 0 Å². The van der Waals surface area contributed by atoms with Crippen LogP contribution in [0.2, 0.25) is 0 Å². The van der Waals surface area contributed by atoms with Crippen molar-refractivity contribution in [2.75, 3.05) is 19.8 Å². The number of aromatic nitrogens is 3. The number of nitrogens with zero attached hydrogens (tertiary/aromatic N) is 3. The molecule has 0 amide bonds. The summed E-state index contributed by atoms with van der Waals surface area (Å²) < 4.78 is 6.82. The fraction of sp³-hybridized carbons (Fsp3) is 0.700. The molecular formula is C10H16N4O2. The summed E-state index contributed by atoms with van der Waals surface area (Å²) in [5, 5.41) is 7.73. The van der Waals surface area contributed by atoms with E-state index in [-0.39, 0.29) is 11.7 Å². The van der Waals surface area contributed by atoms with E-state index in [9.17, 15) is 4.79 Å². The molecular weight excluding hydrogens is 208 g/mol. The monoisotopic (exact) mass is 224 g/mol. The molecule has 2 N–H and O–H groups in total. The Morgan fingerprint density at radius 2 is 2.31 bits per heavy atom. The van der Waals surface area contributed by atoms with Gasteiger partial charge in [-0.25, -0.2) is 0 Å². The van der Waals surface area contributed by atoms with Gasteiger partial charge in [-0.2, -0.15) is 0 Å². The minimum atomic E-state index is 0.0387. The Hall–Kier alpha value is -1.27. The zero-order valence-corrected chi connectivity index (χ0v) is 9.13. The summed E-state index contributed by atoms with van der Waals surface area (Å²) in [6.07, 6.45) is 3.23. The van der Waals surface area contributed by atoms with E-state index < -0.39 is 0 Å². The van der Waals surface area contributed by atoms with Crippen LogP contribution in [-0.4, -0.2) is 40.5 Å². The van der Waals surface area contributed by atoms with E-state index in [2.05, 4.69) is 10.3 Å². The third-order valence-corrected chi connectivity index (χ3v) is 2.74. The number of hydrogen-bond acceptors (Lipinski definition) is 5. The lowest BCUT2D eigenvalue weighted by molar-refractivity contribution is 0.0541. The summed E-state index contributed by atoms with van der Waals surface area (Å²) >= 11 is 0. The van der Waals surface area contributed by atoms with Gasteiger partial charge in [0.25, 0.3) is 0 Å². The van der Waals surface area contributed by atoms with Crippen LogP contribution in [0.15, 0.2) is 6.20 Å². The van der Waals surface area contributed by atoms with Crippen LogP contribution in [0.3, 0.4) is 0 Å². The number of carbonyl (C=O) groups excluding carboxylic acids is 1. The van der Waals surface area contributed by atoms with E-state index >= 15 is 0 Å². The molecule has 0 atom stereocenters. The molecule has 1 aliphatic heterocycles. The first-order valence-electron chi connectivity index (χ1n) is 5.53. The van der Waals surface area contributed by atoms with Gasteiger partial charge >= 0.3 is 0 Å². The van der Waals surface area contributed by atoms with Crippen LogP contribution in [0.1, 0.15) is 23.3 Å². The maximum Gasteiger partial charge on any atom is 0.187 e. The normalized spacial score (nSPS) is 17.6. The molecule has 0 aromatic carbocycles. The standard InChI is InChI=1S/C10H16N4O2/c11-3-4-14-7-9(12-13-14)10(15)8-1-5-16-6-2-8/h7-8H,1-6,11H2. The van der Waals surface area contributed by atoms with E-state index in [1.54, 1.807) is 10.9 Å². The summed E-state index contributed by atoms with van der Waals surface area (Å²) in [7, 11) is 0. The minimum Gasteiger partial charge on any atom is -0.381 e. The van der Waals surface area contributed by atoms with Gasteiger partial charge in [-0.15, -0.1) is 5.10 Å². The summed E-state index contributed by atoms with van der Waals surface area (Å²) in [6, 6.07) is 0. The number of ketones is 1. The molecule has 1 aromatic heterocycles. The fourth-order valence-electron chi connectivity index (χ4n) is 1.82.